The Balaban J connectivity index is 2.04. The van der Waals surface area contributed by atoms with Crippen molar-refractivity contribution in [1.29, 1.82) is 0 Å². The lowest BCUT2D eigenvalue weighted by Crippen LogP contribution is -2.52. The van der Waals surface area contributed by atoms with Crippen LogP contribution in [-0.2, 0) is 22.3 Å². The summed E-state index contributed by atoms with van der Waals surface area (Å²) in [5, 5.41) is 0. The molecule has 5 nitrogen and oxygen atoms in total. The van der Waals surface area contributed by atoms with E-state index in [1.165, 1.54) is 28.0 Å². The summed E-state index contributed by atoms with van der Waals surface area (Å²) >= 11 is 0. The van der Waals surface area contributed by atoms with E-state index >= 15 is 0 Å². The summed E-state index contributed by atoms with van der Waals surface area (Å²) in [5.74, 6) is -0.408. The van der Waals surface area contributed by atoms with Crippen molar-refractivity contribution in [3.63, 3.8) is 0 Å². The van der Waals surface area contributed by atoms with Crippen molar-refractivity contribution < 1.29 is 27.5 Å². The fraction of sp³-hybridized carbons (Fsp3) is 0.529. The van der Waals surface area contributed by atoms with Gasteiger partial charge in [-0.1, -0.05) is 18.2 Å². The zero-order chi connectivity index (χ0) is 18.8. The van der Waals surface area contributed by atoms with E-state index in [0.29, 0.717) is 0 Å². The van der Waals surface area contributed by atoms with E-state index in [4.69, 9.17) is 4.74 Å². The molecule has 1 saturated heterocycles. The number of benzene rings is 1. The fourth-order valence-electron chi connectivity index (χ4n) is 2.50. The number of nitrogens with zero attached hydrogens (tertiary/aromatic N) is 2. The van der Waals surface area contributed by atoms with Gasteiger partial charge in [0.15, 0.2) is 0 Å². The molecule has 25 heavy (non-hydrogen) atoms. The Kier molecular flexibility index (Phi) is 5.29. The van der Waals surface area contributed by atoms with E-state index in [0.717, 1.165) is 6.07 Å². The molecule has 0 bridgehead atoms. The molecule has 0 atom stereocenters. The number of ether oxygens (including phenoxy) is 1. The minimum atomic E-state index is -4.47. The van der Waals surface area contributed by atoms with Crippen LogP contribution in [0.2, 0.25) is 0 Å². The molecular formula is C17H21F3N2O3. The van der Waals surface area contributed by atoms with Gasteiger partial charge in [0.05, 0.1) is 5.56 Å². The topological polar surface area (TPSA) is 49.9 Å². The van der Waals surface area contributed by atoms with Crippen LogP contribution in [-0.4, -0.2) is 47.0 Å². The van der Waals surface area contributed by atoms with E-state index in [2.05, 4.69) is 0 Å². The third-order valence-corrected chi connectivity index (χ3v) is 3.65. The molecule has 0 spiro atoms. The van der Waals surface area contributed by atoms with Crippen molar-refractivity contribution in [2.75, 3.05) is 19.6 Å². The quantitative estimate of drug-likeness (QED) is 0.815. The van der Waals surface area contributed by atoms with Crippen molar-refractivity contribution in [3.05, 3.63) is 35.4 Å². The molecule has 1 aromatic rings. The first-order valence-corrected chi connectivity index (χ1v) is 7.88. The first kappa shape index (κ1) is 19.1. The molecule has 1 aliphatic heterocycles. The summed E-state index contributed by atoms with van der Waals surface area (Å²) in [4.78, 5) is 26.8. The van der Waals surface area contributed by atoms with E-state index in [1.54, 1.807) is 20.8 Å². The number of carbonyl (C=O) groups excluding carboxylic acids is 2. The molecule has 138 valence electrons. The molecule has 0 saturated carbocycles. The van der Waals surface area contributed by atoms with Gasteiger partial charge in [-0.3, -0.25) is 9.69 Å². The van der Waals surface area contributed by atoms with Crippen LogP contribution in [0.15, 0.2) is 24.3 Å². The average Bonchev–Trinajstić information content (AvgIpc) is 2.47. The lowest BCUT2D eigenvalue weighted by Gasteiger charge is -2.35. The van der Waals surface area contributed by atoms with Crippen LogP contribution in [0.25, 0.3) is 0 Å². The number of rotatable bonds is 2. The SMILES string of the molecule is CC(C)(C)OC(=O)N1CCN(Cc2ccccc2C(F)(F)F)C(=O)C1. The lowest BCUT2D eigenvalue weighted by atomic mass is 10.1. The molecule has 0 radical (unpaired) electrons. The minimum absolute atomic E-state index is 0.0362. The van der Waals surface area contributed by atoms with Gasteiger partial charge in [-0.15, -0.1) is 0 Å². The van der Waals surface area contributed by atoms with Crippen LogP contribution in [0, 0.1) is 0 Å². The average molecular weight is 358 g/mol. The molecule has 1 fully saturated rings. The second-order valence-corrected chi connectivity index (χ2v) is 6.87. The first-order chi connectivity index (χ1) is 11.5. The summed E-state index contributed by atoms with van der Waals surface area (Å²) in [7, 11) is 0. The number of hydrogen-bond donors (Lipinski definition) is 0. The third kappa shape index (κ3) is 5.11. The Labute approximate surface area is 144 Å². The number of alkyl halides is 3. The maximum atomic E-state index is 13.1. The van der Waals surface area contributed by atoms with Gasteiger partial charge in [-0.25, -0.2) is 4.79 Å². The van der Waals surface area contributed by atoms with Crippen molar-refractivity contribution in [2.45, 2.75) is 39.1 Å². The molecule has 0 unspecified atom stereocenters. The van der Waals surface area contributed by atoms with Gasteiger partial charge >= 0.3 is 12.3 Å². The third-order valence-electron chi connectivity index (χ3n) is 3.65. The Morgan fingerprint density at radius 2 is 1.80 bits per heavy atom. The molecule has 0 N–H and O–H groups in total. The van der Waals surface area contributed by atoms with Gasteiger partial charge in [-0.05, 0) is 32.4 Å². The molecule has 0 aromatic heterocycles. The summed E-state index contributed by atoms with van der Waals surface area (Å²) in [6.07, 6.45) is -5.07. The molecule has 2 rings (SSSR count). The highest BCUT2D eigenvalue weighted by Gasteiger charge is 2.35. The van der Waals surface area contributed by atoms with Crippen LogP contribution < -0.4 is 0 Å². The van der Waals surface area contributed by atoms with Crippen molar-refractivity contribution >= 4 is 12.0 Å². The van der Waals surface area contributed by atoms with Gasteiger partial charge in [0.25, 0.3) is 0 Å². The van der Waals surface area contributed by atoms with Crippen LogP contribution in [0.3, 0.4) is 0 Å². The number of piperazine rings is 1. The van der Waals surface area contributed by atoms with E-state index in [-0.39, 0.29) is 31.7 Å². The van der Waals surface area contributed by atoms with Crippen molar-refractivity contribution in [1.82, 2.24) is 9.80 Å². The number of amides is 2. The molecule has 1 aliphatic rings. The van der Waals surface area contributed by atoms with Crippen LogP contribution in [0.5, 0.6) is 0 Å². The predicted octanol–water partition coefficient (Wildman–Crippen LogP) is 3.28. The highest BCUT2D eigenvalue weighted by Crippen LogP contribution is 2.32. The van der Waals surface area contributed by atoms with E-state index < -0.39 is 29.3 Å². The molecular weight excluding hydrogens is 337 g/mol. The molecule has 8 heteroatoms. The van der Waals surface area contributed by atoms with Crippen molar-refractivity contribution in [2.24, 2.45) is 0 Å². The second kappa shape index (κ2) is 6.93. The highest BCUT2D eigenvalue weighted by atomic mass is 19.4. The molecule has 1 heterocycles. The summed E-state index contributed by atoms with van der Waals surface area (Å²) in [6, 6.07) is 5.17. The van der Waals surface area contributed by atoms with Gasteiger partial charge in [0, 0.05) is 19.6 Å². The highest BCUT2D eigenvalue weighted by molar-refractivity contribution is 5.83. The zero-order valence-corrected chi connectivity index (χ0v) is 14.4. The molecule has 2 amide bonds. The van der Waals surface area contributed by atoms with Gasteiger partial charge < -0.3 is 9.64 Å². The van der Waals surface area contributed by atoms with Gasteiger partial charge in [0.2, 0.25) is 5.91 Å². The standard InChI is InChI=1S/C17H21F3N2O3/c1-16(2,3)25-15(24)22-9-8-21(14(23)11-22)10-12-6-4-5-7-13(12)17(18,19)20/h4-7H,8-11H2,1-3H3. The normalized spacial score (nSPS) is 16.2. The summed E-state index contributed by atoms with van der Waals surface area (Å²) in [5.41, 5.74) is -1.39. The van der Waals surface area contributed by atoms with Gasteiger partial charge in [0.1, 0.15) is 12.1 Å². The predicted molar refractivity (Wildman–Crippen MR) is 84.7 cm³/mol. The second-order valence-electron chi connectivity index (χ2n) is 6.87. The Bertz CT molecular complexity index is 653. The van der Waals surface area contributed by atoms with Gasteiger partial charge in [-0.2, -0.15) is 13.2 Å². The Hall–Kier alpha value is -2.25. The summed E-state index contributed by atoms with van der Waals surface area (Å²) < 4.78 is 44.4. The van der Waals surface area contributed by atoms with Crippen molar-refractivity contribution in [3.8, 4) is 0 Å². The number of hydrogen-bond acceptors (Lipinski definition) is 3. The molecule has 0 aliphatic carbocycles. The van der Waals surface area contributed by atoms with E-state index in [9.17, 15) is 22.8 Å². The summed E-state index contributed by atoms with van der Waals surface area (Å²) in [6.45, 7) is 5.18. The van der Waals surface area contributed by atoms with Crippen LogP contribution >= 0.6 is 0 Å². The van der Waals surface area contributed by atoms with Crippen LogP contribution in [0.4, 0.5) is 18.0 Å². The minimum Gasteiger partial charge on any atom is -0.444 e. The van der Waals surface area contributed by atoms with E-state index in [1.807, 2.05) is 0 Å². The maximum absolute atomic E-state index is 13.1. The number of carbonyl (C=O) groups is 2. The first-order valence-electron chi connectivity index (χ1n) is 7.88. The smallest absolute Gasteiger partial charge is 0.416 e. The number of halogens is 3. The Morgan fingerprint density at radius 3 is 2.36 bits per heavy atom. The maximum Gasteiger partial charge on any atom is 0.416 e. The van der Waals surface area contributed by atoms with Crippen LogP contribution in [0.1, 0.15) is 31.9 Å². The lowest BCUT2D eigenvalue weighted by molar-refractivity contribution is -0.141. The monoisotopic (exact) mass is 358 g/mol. The fourth-order valence-corrected chi connectivity index (χ4v) is 2.50. The molecule has 1 aromatic carbocycles. The largest absolute Gasteiger partial charge is 0.444 e. The Morgan fingerprint density at radius 1 is 1.16 bits per heavy atom. The zero-order valence-electron chi connectivity index (χ0n) is 14.4.